The summed E-state index contributed by atoms with van der Waals surface area (Å²) in [6, 6.07) is 32.2. The van der Waals surface area contributed by atoms with Crippen LogP contribution in [0.5, 0.6) is 17.2 Å². The summed E-state index contributed by atoms with van der Waals surface area (Å²) in [5, 5.41) is 10.0. The molecule has 46 heavy (non-hydrogen) atoms. The fourth-order valence-electron chi connectivity index (χ4n) is 4.09. The van der Waals surface area contributed by atoms with Gasteiger partial charge in [0.05, 0.1) is 19.3 Å². The molecule has 4 aromatic carbocycles. The van der Waals surface area contributed by atoms with Crippen LogP contribution in [0.15, 0.2) is 103 Å². The molecule has 9 nitrogen and oxygen atoms in total. The first-order chi connectivity index (χ1) is 22.0. The lowest BCUT2D eigenvalue weighted by Crippen LogP contribution is -2.32. The number of halogens is 3. The number of hydrogen-bond donors (Lipinski definition) is 3. The molecule has 242 valence electrons. The van der Waals surface area contributed by atoms with E-state index in [0.717, 1.165) is 22.4 Å². The molecule has 0 heterocycles. The van der Waals surface area contributed by atoms with E-state index in [1.165, 1.54) is 0 Å². The number of carboxylic acid groups (broad SMARTS) is 1. The number of amides is 2. The number of alkyl halides is 3. The van der Waals surface area contributed by atoms with Crippen molar-refractivity contribution in [1.29, 1.82) is 0 Å². The number of nitrogens with one attached hydrogen (secondary N) is 1. The van der Waals surface area contributed by atoms with Crippen molar-refractivity contribution >= 4 is 23.5 Å². The van der Waals surface area contributed by atoms with E-state index in [4.69, 9.17) is 25.1 Å². The molecular formula is C34H34F3N3O6. The Labute approximate surface area is 264 Å². The molecule has 0 aliphatic heterocycles. The van der Waals surface area contributed by atoms with Crippen LogP contribution in [0, 0.1) is 0 Å². The monoisotopic (exact) mass is 637 g/mol. The second-order valence-electron chi connectivity index (χ2n) is 9.81. The Balaban J connectivity index is 0.000000738. The number of carboxylic acids is 1. The van der Waals surface area contributed by atoms with E-state index < -0.39 is 12.1 Å². The van der Waals surface area contributed by atoms with Crippen molar-refractivity contribution in [1.82, 2.24) is 5.32 Å². The number of carbonyl (C=O) groups is 3. The first-order valence-corrected chi connectivity index (χ1v) is 14.1. The van der Waals surface area contributed by atoms with Gasteiger partial charge in [0.15, 0.2) is 5.75 Å². The number of aliphatic carboxylic acids is 1. The number of para-hydroxylation sites is 2. The quantitative estimate of drug-likeness (QED) is 0.168. The standard InChI is InChI=1S/C32H33N3O4.C2HF3O2/c1-38-27-16-14-24(15-17-27)22-34-31(36)18-19-32(37)35(23-25-8-3-2-4-9-25)29-12-5-6-13-30(29)39-28-11-7-10-26(20-28)21-33;3-2(4,5)1(6)7/h2-17,20H,18-19,21-23,33H2,1H3,(H,34,36);(H,6,7). The van der Waals surface area contributed by atoms with Gasteiger partial charge in [-0.05, 0) is 53.1 Å². The van der Waals surface area contributed by atoms with Crippen molar-refractivity contribution in [2.45, 2.75) is 38.7 Å². The van der Waals surface area contributed by atoms with Crippen LogP contribution in [0.2, 0.25) is 0 Å². The van der Waals surface area contributed by atoms with Gasteiger partial charge in [-0.25, -0.2) is 4.79 Å². The molecule has 0 aliphatic rings. The Morgan fingerprint density at radius 1 is 0.804 bits per heavy atom. The fraction of sp³-hybridized carbons (Fsp3) is 0.206. The van der Waals surface area contributed by atoms with Gasteiger partial charge in [-0.1, -0.05) is 66.7 Å². The number of methoxy groups -OCH3 is 1. The Kier molecular flexibility index (Phi) is 13.1. The van der Waals surface area contributed by atoms with Crippen LogP contribution < -0.4 is 25.4 Å². The van der Waals surface area contributed by atoms with Crippen LogP contribution in [-0.4, -0.2) is 36.2 Å². The molecule has 0 radical (unpaired) electrons. The third kappa shape index (κ3) is 11.3. The molecule has 0 bridgehead atoms. The van der Waals surface area contributed by atoms with Crippen molar-refractivity contribution in [3.8, 4) is 17.2 Å². The van der Waals surface area contributed by atoms with E-state index in [-0.39, 0.29) is 24.7 Å². The second-order valence-corrected chi connectivity index (χ2v) is 9.81. The Hall–Kier alpha value is -5.36. The van der Waals surface area contributed by atoms with Gasteiger partial charge in [0.1, 0.15) is 11.5 Å². The van der Waals surface area contributed by atoms with Crippen molar-refractivity contribution in [2.24, 2.45) is 5.73 Å². The molecule has 0 saturated carbocycles. The van der Waals surface area contributed by atoms with Gasteiger partial charge >= 0.3 is 12.1 Å². The normalized spacial score (nSPS) is 10.6. The Morgan fingerprint density at radius 3 is 2.07 bits per heavy atom. The molecule has 4 aromatic rings. The number of nitrogens with zero attached hydrogens (tertiary/aromatic N) is 1. The number of carbonyl (C=O) groups excluding carboxylic acids is 2. The van der Waals surface area contributed by atoms with Gasteiger partial charge in [0.2, 0.25) is 11.8 Å². The highest BCUT2D eigenvalue weighted by Gasteiger charge is 2.38. The van der Waals surface area contributed by atoms with Crippen LogP contribution in [-0.2, 0) is 34.0 Å². The van der Waals surface area contributed by atoms with E-state index in [0.29, 0.717) is 36.8 Å². The first kappa shape index (κ1) is 35.1. The molecule has 0 atom stereocenters. The maximum Gasteiger partial charge on any atom is 0.490 e. The zero-order valence-corrected chi connectivity index (χ0v) is 25.0. The summed E-state index contributed by atoms with van der Waals surface area (Å²) in [6.45, 7) is 1.12. The molecule has 0 unspecified atom stereocenters. The molecule has 0 saturated heterocycles. The lowest BCUT2D eigenvalue weighted by molar-refractivity contribution is -0.192. The van der Waals surface area contributed by atoms with Gasteiger partial charge in [-0.15, -0.1) is 0 Å². The first-order valence-electron chi connectivity index (χ1n) is 14.1. The van der Waals surface area contributed by atoms with E-state index in [1.807, 2.05) is 103 Å². The largest absolute Gasteiger partial charge is 0.497 e. The van der Waals surface area contributed by atoms with Crippen molar-refractivity contribution in [2.75, 3.05) is 12.0 Å². The summed E-state index contributed by atoms with van der Waals surface area (Å²) in [5.74, 6) is -1.19. The number of rotatable bonds is 12. The number of ether oxygens (including phenoxy) is 2. The number of anilines is 1. The SMILES string of the molecule is COc1ccc(CNC(=O)CCC(=O)N(Cc2ccccc2)c2ccccc2Oc2cccc(CN)c2)cc1.O=C(O)C(F)(F)F. The zero-order valence-electron chi connectivity index (χ0n) is 25.0. The van der Waals surface area contributed by atoms with E-state index in [1.54, 1.807) is 12.0 Å². The van der Waals surface area contributed by atoms with Crippen LogP contribution >= 0.6 is 0 Å². The zero-order chi connectivity index (χ0) is 33.5. The summed E-state index contributed by atoms with van der Waals surface area (Å²) < 4.78 is 43.1. The minimum absolute atomic E-state index is 0.0538. The third-order valence-electron chi connectivity index (χ3n) is 6.46. The number of hydrogen-bond acceptors (Lipinski definition) is 6. The molecule has 4 N–H and O–H groups in total. The third-order valence-corrected chi connectivity index (χ3v) is 6.46. The summed E-state index contributed by atoms with van der Waals surface area (Å²) in [4.78, 5) is 36.7. The highest BCUT2D eigenvalue weighted by atomic mass is 19.4. The smallest absolute Gasteiger partial charge is 0.490 e. The molecule has 12 heteroatoms. The maximum atomic E-state index is 13.6. The van der Waals surface area contributed by atoms with Crippen LogP contribution in [0.1, 0.15) is 29.5 Å². The molecule has 0 spiro atoms. The lowest BCUT2D eigenvalue weighted by Gasteiger charge is -2.25. The molecule has 4 rings (SSSR count). The summed E-state index contributed by atoms with van der Waals surface area (Å²) >= 11 is 0. The summed E-state index contributed by atoms with van der Waals surface area (Å²) in [6.07, 6.45) is -4.96. The lowest BCUT2D eigenvalue weighted by atomic mass is 10.1. The Morgan fingerprint density at radius 2 is 1.43 bits per heavy atom. The van der Waals surface area contributed by atoms with Gasteiger partial charge in [0, 0.05) is 25.9 Å². The van der Waals surface area contributed by atoms with E-state index in [9.17, 15) is 22.8 Å². The summed E-state index contributed by atoms with van der Waals surface area (Å²) in [5.41, 5.74) is 9.29. The molecule has 0 aliphatic carbocycles. The predicted molar refractivity (Wildman–Crippen MR) is 166 cm³/mol. The van der Waals surface area contributed by atoms with Gasteiger partial charge < -0.3 is 30.5 Å². The summed E-state index contributed by atoms with van der Waals surface area (Å²) in [7, 11) is 1.61. The van der Waals surface area contributed by atoms with Crippen molar-refractivity contribution in [3.05, 3.63) is 120 Å². The van der Waals surface area contributed by atoms with Crippen molar-refractivity contribution in [3.63, 3.8) is 0 Å². The maximum absolute atomic E-state index is 13.6. The second kappa shape index (κ2) is 17.2. The van der Waals surface area contributed by atoms with Crippen LogP contribution in [0.4, 0.5) is 18.9 Å². The highest BCUT2D eigenvalue weighted by molar-refractivity contribution is 5.96. The van der Waals surface area contributed by atoms with E-state index >= 15 is 0 Å². The molecule has 0 aromatic heterocycles. The van der Waals surface area contributed by atoms with Crippen LogP contribution in [0.25, 0.3) is 0 Å². The minimum atomic E-state index is -5.08. The average molecular weight is 638 g/mol. The van der Waals surface area contributed by atoms with E-state index in [2.05, 4.69) is 5.32 Å². The van der Waals surface area contributed by atoms with Gasteiger partial charge in [0.25, 0.3) is 0 Å². The van der Waals surface area contributed by atoms with Crippen LogP contribution in [0.3, 0.4) is 0 Å². The fourth-order valence-corrected chi connectivity index (χ4v) is 4.09. The minimum Gasteiger partial charge on any atom is -0.497 e. The molecular weight excluding hydrogens is 603 g/mol. The molecule has 0 fully saturated rings. The number of nitrogens with two attached hydrogens (primary N) is 1. The van der Waals surface area contributed by atoms with Gasteiger partial charge in [-0.2, -0.15) is 13.2 Å². The predicted octanol–water partition coefficient (Wildman–Crippen LogP) is 6.21. The number of benzene rings is 4. The highest BCUT2D eigenvalue weighted by Crippen LogP contribution is 2.34. The van der Waals surface area contributed by atoms with Gasteiger partial charge in [-0.3, -0.25) is 9.59 Å². The van der Waals surface area contributed by atoms with Crippen molar-refractivity contribution < 1.29 is 42.1 Å². The average Bonchev–Trinajstić information content (AvgIpc) is 3.06. The molecule has 2 amide bonds. The Bertz CT molecular complexity index is 1580. The topological polar surface area (TPSA) is 131 Å².